The molecule has 2 aromatic rings. The van der Waals surface area contributed by atoms with Crippen molar-refractivity contribution in [3.05, 3.63) is 51.8 Å². The van der Waals surface area contributed by atoms with Crippen LogP contribution in [0, 0.1) is 19.8 Å². The lowest BCUT2D eigenvalue weighted by Gasteiger charge is -2.31. The van der Waals surface area contributed by atoms with Gasteiger partial charge in [-0.05, 0) is 57.9 Å². The molecule has 27 heavy (non-hydrogen) atoms. The number of halogens is 1. The first-order valence-corrected chi connectivity index (χ1v) is 10.1. The van der Waals surface area contributed by atoms with E-state index in [-0.39, 0.29) is 17.8 Å². The Morgan fingerprint density at radius 1 is 1.19 bits per heavy atom. The minimum atomic E-state index is -0.141. The van der Waals surface area contributed by atoms with Crippen LogP contribution in [0.3, 0.4) is 0 Å². The van der Waals surface area contributed by atoms with Gasteiger partial charge in [0.1, 0.15) is 0 Å². The van der Waals surface area contributed by atoms with Gasteiger partial charge in [-0.15, -0.1) is 0 Å². The van der Waals surface area contributed by atoms with Crippen LogP contribution in [0.4, 0.5) is 0 Å². The quantitative estimate of drug-likeness (QED) is 0.677. The van der Waals surface area contributed by atoms with Crippen LogP contribution in [0.15, 0.2) is 34.8 Å². The molecule has 0 unspecified atom stereocenters. The third-order valence-corrected chi connectivity index (χ3v) is 5.62. The zero-order chi connectivity index (χ0) is 19.6. The van der Waals surface area contributed by atoms with Crippen molar-refractivity contribution in [3.8, 4) is 5.69 Å². The third kappa shape index (κ3) is 4.10. The van der Waals surface area contributed by atoms with E-state index in [1.807, 2.05) is 56.0 Å². The maximum Gasteiger partial charge on any atom is 0.309 e. The molecule has 2 heterocycles. The lowest BCUT2D eigenvalue weighted by molar-refractivity contribution is -0.149. The van der Waals surface area contributed by atoms with Crippen molar-refractivity contribution in [2.45, 2.75) is 33.6 Å². The van der Waals surface area contributed by atoms with Gasteiger partial charge in [0, 0.05) is 34.6 Å². The summed E-state index contributed by atoms with van der Waals surface area (Å²) in [6.07, 6.45) is 1.32. The number of rotatable bonds is 4. The highest BCUT2D eigenvalue weighted by Crippen LogP contribution is 2.26. The second kappa shape index (κ2) is 8.30. The van der Waals surface area contributed by atoms with E-state index in [0.29, 0.717) is 32.5 Å². The number of benzene rings is 1. The fourth-order valence-electron chi connectivity index (χ4n) is 3.74. The van der Waals surface area contributed by atoms with Crippen LogP contribution < -0.4 is 0 Å². The first kappa shape index (κ1) is 19.7. The third-order valence-electron chi connectivity index (χ3n) is 5.13. The number of esters is 1. The van der Waals surface area contributed by atoms with Crippen molar-refractivity contribution >= 4 is 27.8 Å². The number of nitrogens with zero attached hydrogens (tertiary/aromatic N) is 2. The van der Waals surface area contributed by atoms with Crippen molar-refractivity contribution in [1.29, 1.82) is 0 Å². The number of carbonyl (C=O) groups excluding carboxylic acids is 2. The number of amides is 1. The van der Waals surface area contributed by atoms with Gasteiger partial charge in [0.2, 0.25) is 0 Å². The number of aromatic nitrogens is 1. The van der Waals surface area contributed by atoms with Crippen LogP contribution in [0.25, 0.3) is 5.69 Å². The van der Waals surface area contributed by atoms with Crippen LogP contribution in [-0.2, 0) is 9.53 Å². The van der Waals surface area contributed by atoms with Crippen LogP contribution in [0.5, 0.6) is 0 Å². The molecule has 1 saturated heterocycles. The summed E-state index contributed by atoms with van der Waals surface area (Å²) >= 11 is 3.51. The van der Waals surface area contributed by atoms with Crippen molar-refractivity contribution in [2.75, 3.05) is 19.7 Å². The minimum Gasteiger partial charge on any atom is -0.466 e. The second-order valence-corrected chi connectivity index (χ2v) is 7.83. The Morgan fingerprint density at radius 2 is 1.89 bits per heavy atom. The van der Waals surface area contributed by atoms with E-state index in [4.69, 9.17) is 4.74 Å². The summed E-state index contributed by atoms with van der Waals surface area (Å²) in [7, 11) is 0. The van der Waals surface area contributed by atoms with Gasteiger partial charge in [0.25, 0.3) is 5.91 Å². The Hall–Kier alpha value is -2.08. The largest absolute Gasteiger partial charge is 0.466 e. The molecule has 1 fully saturated rings. The van der Waals surface area contributed by atoms with Crippen molar-refractivity contribution in [1.82, 2.24) is 9.47 Å². The highest BCUT2D eigenvalue weighted by Gasteiger charge is 2.30. The molecular formula is C21H25BrN2O3. The van der Waals surface area contributed by atoms with Gasteiger partial charge in [-0.1, -0.05) is 22.0 Å². The molecule has 0 atom stereocenters. The molecule has 0 radical (unpaired) electrons. The number of hydrogen-bond donors (Lipinski definition) is 0. The molecule has 0 N–H and O–H groups in total. The Bertz CT molecular complexity index is 851. The predicted octanol–water partition coefficient (Wildman–Crippen LogP) is 4.27. The molecule has 0 saturated carbocycles. The minimum absolute atomic E-state index is 0.0339. The van der Waals surface area contributed by atoms with Gasteiger partial charge >= 0.3 is 5.97 Å². The number of ether oxygens (including phenoxy) is 1. The average molecular weight is 433 g/mol. The van der Waals surface area contributed by atoms with Gasteiger partial charge in [0.15, 0.2) is 0 Å². The van der Waals surface area contributed by atoms with Gasteiger partial charge in [-0.2, -0.15) is 0 Å². The van der Waals surface area contributed by atoms with Crippen LogP contribution in [0.2, 0.25) is 0 Å². The van der Waals surface area contributed by atoms with Crippen LogP contribution >= 0.6 is 15.9 Å². The standard InChI is InChI=1S/C21H25BrN2O3/c1-4-27-21(26)16-8-10-23(11-9-16)20(25)19-12-14(2)24(15(19)3)18-7-5-6-17(22)13-18/h5-7,12-13,16H,4,8-11H2,1-3H3. The summed E-state index contributed by atoms with van der Waals surface area (Å²) in [5.41, 5.74) is 3.71. The van der Waals surface area contributed by atoms with Gasteiger partial charge in [-0.25, -0.2) is 0 Å². The topological polar surface area (TPSA) is 51.5 Å². The molecule has 1 aromatic carbocycles. The fraction of sp³-hybridized carbons (Fsp3) is 0.429. The zero-order valence-corrected chi connectivity index (χ0v) is 17.6. The average Bonchev–Trinajstić information content (AvgIpc) is 2.95. The Kier molecular flexibility index (Phi) is 6.05. The molecular weight excluding hydrogens is 408 g/mol. The first-order valence-electron chi connectivity index (χ1n) is 9.33. The van der Waals surface area contributed by atoms with Crippen LogP contribution in [0.1, 0.15) is 41.5 Å². The molecule has 1 aliphatic heterocycles. The maximum absolute atomic E-state index is 13.1. The number of hydrogen-bond acceptors (Lipinski definition) is 3. The zero-order valence-electron chi connectivity index (χ0n) is 16.0. The molecule has 5 nitrogen and oxygen atoms in total. The van der Waals surface area contributed by atoms with E-state index in [0.717, 1.165) is 27.1 Å². The van der Waals surface area contributed by atoms with Crippen molar-refractivity contribution in [2.24, 2.45) is 5.92 Å². The number of likely N-dealkylation sites (tertiary alicyclic amines) is 1. The van der Waals surface area contributed by atoms with E-state index >= 15 is 0 Å². The lowest BCUT2D eigenvalue weighted by atomic mass is 9.96. The molecule has 1 amide bonds. The summed E-state index contributed by atoms with van der Waals surface area (Å²) < 4.78 is 8.21. The SMILES string of the molecule is CCOC(=O)C1CCN(C(=O)c2cc(C)n(-c3cccc(Br)c3)c2C)CC1. The van der Waals surface area contributed by atoms with Gasteiger partial charge in [-0.3, -0.25) is 9.59 Å². The molecule has 3 rings (SSSR count). The van der Waals surface area contributed by atoms with E-state index in [2.05, 4.69) is 20.5 Å². The lowest BCUT2D eigenvalue weighted by Crippen LogP contribution is -2.40. The smallest absolute Gasteiger partial charge is 0.309 e. The molecule has 0 spiro atoms. The Balaban J connectivity index is 1.77. The summed E-state index contributed by atoms with van der Waals surface area (Å²) in [6.45, 7) is 7.38. The molecule has 0 aliphatic carbocycles. The van der Waals surface area contributed by atoms with E-state index in [9.17, 15) is 9.59 Å². The summed E-state index contributed by atoms with van der Waals surface area (Å²) in [4.78, 5) is 26.8. The first-order chi connectivity index (χ1) is 12.9. The second-order valence-electron chi connectivity index (χ2n) is 6.92. The molecule has 0 bridgehead atoms. The predicted molar refractivity (Wildman–Crippen MR) is 108 cm³/mol. The summed E-state index contributed by atoms with van der Waals surface area (Å²) in [5.74, 6) is -0.202. The highest BCUT2D eigenvalue weighted by atomic mass is 79.9. The molecule has 1 aromatic heterocycles. The highest BCUT2D eigenvalue weighted by molar-refractivity contribution is 9.10. The summed E-state index contributed by atoms with van der Waals surface area (Å²) in [5, 5.41) is 0. The van der Waals surface area contributed by atoms with E-state index in [1.165, 1.54) is 0 Å². The number of piperidine rings is 1. The van der Waals surface area contributed by atoms with E-state index < -0.39 is 0 Å². The fourth-order valence-corrected chi connectivity index (χ4v) is 4.13. The van der Waals surface area contributed by atoms with Gasteiger partial charge in [0.05, 0.1) is 18.1 Å². The van der Waals surface area contributed by atoms with Crippen LogP contribution in [-0.4, -0.2) is 41.0 Å². The molecule has 6 heteroatoms. The Labute approximate surface area is 168 Å². The summed E-state index contributed by atoms with van der Waals surface area (Å²) in [6, 6.07) is 10.00. The van der Waals surface area contributed by atoms with Crippen molar-refractivity contribution in [3.63, 3.8) is 0 Å². The number of carbonyl (C=O) groups is 2. The number of aryl methyl sites for hydroxylation is 1. The molecule has 1 aliphatic rings. The normalized spacial score (nSPS) is 15.0. The monoisotopic (exact) mass is 432 g/mol. The molecule has 144 valence electrons. The van der Waals surface area contributed by atoms with Crippen molar-refractivity contribution < 1.29 is 14.3 Å². The van der Waals surface area contributed by atoms with Gasteiger partial charge < -0.3 is 14.2 Å². The Morgan fingerprint density at radius 3 is 2.52 bits per heavy atom. The maximum atomic E-state index is 13.1. The van der Waals surface area contributed by atoms with E-state index in [1.54, 1.807) is 0 Å².